The van der Waals surface area contributed by atoms with Gasteiger partial charge in [-0.25, -0.2) is 0 Å². The van der Waals surface area contributed by atoms with Crippen molar-refractivity contribution in [3.05, 3.63) is 59.4 Å². The number of aromatic nitrogens is 1. The fourth-order valence-electron chi connectivity index (χ4n) is 2.83. The first-order chi connectivity index (χ1) is 10.2. The van der Waals surface area contributed by atoms with Crippen LogP contribution in [0.1, 0.15) is 27.8 Å². The highest BCUT2D eigenvalue weighted by Gasteiger charge is 2.26. The van der Waals surface area contributed by atoms with Gasteiger partial charge in [0.15, 0.2) is 0 Å². The molecule has 0 spiro atoms. The van der Waals surface area contributed by atoms with Gasteiger partial charge in [-0.15, -0.1) is 0 Å². The van der Waals surface area contributed by atoms with E-state index >= 15 is 0 Å². The molecule has 1 fully saturated rings. The Kier molecular flexibility index (Phi) is 3.80. The van der Waals surface area contributed by atoms with Gasteiger partial charge in [0, 0.05) is 38.4 Å². The molecular formula is C17H21N3O. The summed E-state index contributed by atoms with van der Waals surface area (Å²) in [6, 6.07) is 14.4. The molecule has 0 radical (unpaired) electrons. The van der Waals surface area contributed by atoms with Crippen molar-refractivity contribution in [2.75, 3.05) is 19.6 Å². The minimum Gasteiger partial charge on any atom is -0.344 e. The van der Waals surface area contributed by atoms with Crippen LogP contribution in [0.4, 0.5) is 0 Å². The van der Waals surface area contributed by atoms with E-state index in [1.165, 1.54) is 5.56 Å². The van der Waals surface area contributed by atoms with Crippen LogP contribution in [0.15, 0.2) is 42.5 Å². The molecular weight excluding hydrogens is 262 g/mol. The number of carbonyl (C=O) groups is 1. The number of aryl methyl sites for hydroxylation is 1. The zero-order chi connectivity index (χ0) is 14.8. The van der Waals surface area contributed by atoms with Crippen molar-refractivity contribution in [1.82, 2.24) is 14.8 Å². The van der Waals surface area contributed by atoms with Gasteiger partial charge in [0.2, 0.25) is 0 Å². The van der Waals surface area contributed by atoms with Crippen LogP contribution in [-0.4, -0.2) is 35.0 Å². The minimum atomic E-state index is 0.119. The molecule has 1 unspecified atom stereocenters. The summed E-state index contributed by atoms with van der Waals surface area (Å²) < 4.78 is 1.96. The second-order valence-electron chi connectivity index (χ2n) is 5.59. The number of nitrogens with zero attached hydrogens (tertiary/aromatic N) is 2. The molecule has 2 aromatic rings. The Balaban J connectivity index is 1.77. The molecule has 2 heterocycles. The topological polar surface area (TPSA) is 37.3 Å². The number of rotatable bonds is 2. The molecule has 1 amide bonds. The third-order valence-electron chi connectivity index (χ3n) is 4.26. The lowest BCUT2D eigenvalue weighted by atomic mass is 10.0. The maximum absolute atomic E-state index is 12.7. The third kappa shape index (κ3) is 2.72. The van der Waals surface area contributed by atoms with Crippen molar-refractivity contribution < 1.29 is 4.79 Å². The van der Waals surface area contributed by atoms with Crippen molar-refractivity contribution in [2.45, 2.75) is 13.0 Å². The van der Waals surface area contributed by atoms with Gasteiger partial charge in [0.25, 0.3) is 5.91 Å². The van der Waals surface area contributed by atoms with Crippen molar-refractivity contribution >= 4 is 5.91 Å². The lowest BCUT2D eigenvalue weighted by Gasteiger charge is -2.34. The summed E-state index contributed by atoms with van der Waals surface area (Å²) in [5.41, 5.74) is 3.10. The average molecular weight is 283 g/mol. The molecule has 21 heavy (non-hydrogen) atoms. The molecule has 1 aromatic carbocycles. The largest absolute Gasteiger partial charge is 0.344 e. The molecule has 1 aromatic heterocycles. The second kappa shape index (κ2) is 5.74. The van der Waals surface area contributed by atoms with Crippen LogP contribution in [0.2, 0.25) is 0 Å². The van der Waals surface area contributed by atoms with Crippen LogP contribution < -0.4 is 5.32 Å². The van der Waals surface area contributed by atoms with E-state index in [-0.39, 0.29) is 11.9 Å². The first kappa shape index (κ1) is 13.9. The molecule has 1 aliphatic heterocycles. The molecule has 1 atom stereocenters. The van der Waals surface area contributed by atoms with Gasteiger partial charge in [-0.3, -0.25) is 4.79 Å². The quantitative estimate of drug-likeness (QED) is 0.916. The lowest BCUT2D eigenvalue weighted by Crippen LogP contribution is -2.48. The highest BCUT2D eigenvalue weighted by molar-refractivity contribution is 5.93. The second-order valence-corrected chi connectivity index (χ2v) is 5.59. The third-order valence-corrected chi connectivity index (χ3v) is 4.26. The molecule has 1 saturated heterocycles. The molecule has 3 rings (SSSR count). The van der Waals surface area contributed by atoms with Crippen LogP contribution in [0.5, 0.6) is 0 Å². The van der Waals surface area contributed by atoms with Crippen LogP contribution in [-0.2, 0) is 7.05 Å². The van der Waals surface area contributed by atoms with Gasteiger partial charge < -0.3 is 14.8 Å². The van der Waals surface area contributed by atoms with Crippen LogP contribution in [0.25, 0.3) is 0 Å². The van der Waals surface area contributed by atoms with E-state index in [4.69, 9.17) is 0 Å². The zero-order valence-corrected chi connectivity index (χ0v) is 12.5. The van der Waals surface area contributed by atoms with E-state index in [1.54, 1.807) is 0 Å². The van der Waals surface area contributed by atoms with E-state index in [1.807, 2.05) is 53.8 Å². The normalized spacial score (nSPS) is 18.8. The van der Waals surface area contributed by atoms with Gasteiger partial charge >= 0.3 is 0 Å². The van der Waals surface area contributed by atoms with Gasteiger partial charge in [0.05, 0.1) is 0 Å². The first-order valence-electron chi connectivity index (χ1n) is 7.37. The smallest absolute Gasteiger partial charge is 0.270 e. The molecule has 0 bridgehead atoms. The standard InChI is InChI=1S/C17H21N3O/c1-13-8-9-16(19(13)2)17(21)20-11-10-18-15(12-20)14-6-4-3-5-7-14/h3-9,15,18H,10-12H2,1-2H3. The number of carbonyl (C=O) groups excluding carboxylic acids is 1. The van der Waals surface area contributed by atoms with E-state index in [9.17, 15) is 4.79 Å². The number of nitrogens with one attached hydrogen (secondary N) is 1. The highest BCUT2D eigenvalue weighted by atomic mass is 16.2. The zero-order valence-electron chi connectivity index (χ0n) is 12.5. The first-order valence-corrected chi connectivity index (χ1v) is 7.37. The maximum atomic E-state index is 12.7. The Morgan fingerprint density at radius 1 is 1.19 bits per heavy atom. The van der Waals surface area contributed by atoms with Crippen molar-refractivity contribution in [2.24, 2.45) is 7.05 Å². The number of hydrogen-bond donors (Lipinski definition) is 1. The number of amides is 1. The van der Waals surface area contributed by atoms with Crippen LogP contribution in [0, 0.1) is 6.92 Å². The van der Waals surface area contributed by atoms with E-state index < -0.39 is 0 Å². The van der Waals surface area contributed by atoms with Crippen molar-refractivity contribution in [1.29, 1.82) is 0 Å². The van der Waals surface area contributed by atoms with E-state index in [0.29, 0.717) is 6.54 Å². The Labute approximate surface area is 125 Å². The predicted octanol–water partition coefficient (Wildman–Crippen LogP) is 2.12. The Morgan fingerprint density at radius 3 is 2.62 bits per heavy atom. The fraction of sp³-hybridized carbons (Fsp3) is 0.353. The molecule has 4 heteroatoms. The van der Waals surface area contributed by atoms with E-state index in [2.05, 4.69) is 17.4 Å². The van der Waals surface area contributed by atoms with Gasteiger partial charge in [-0.05, 0) is 24.6 Å². The van der Waals surface area contributed by atoms with Crippen molar-refractivity contribution in [3.63, 3.8) is 0 Å². The number of piperazine rings is 1. The van der Waals surface area contributed by atoms with E-state index in [0.717, 1.165) is 24.5 Å². The van der Waals surface area contributed by atoms with Crippen LogP contribution >= 0.6 is 0 Å². The summed E-state index contributed by atoms with van der Waals surface area (Å²) in [4.78, 5) is 14.6. The average Bonchev–Trinajstić information content (AvgIpc) is 2.87. The molecule has 110 valence electrons. The van der Waals surface area contributed by atoms with Crippen molar-refractivity contribution in [3.8, 4) is 0 Å². The van der Waals surface area contributed by atoms with Gasteiger partial charge in [-0.2, -0.15) is 0 Å². The summed E-state index contributed by atoms with van der Waals surface area (Å²) in [6.07, 6.45) is 0. The van der Waals surface area contributed by atoms with Gasteiger partial charge in [-0.1, -0.05) is 30.3 Å². The molecule has 4 nitrogen and oxygen atoms in total. The Bertz CT molecular complexity index is 633. The SMILES string of the molecule is Cc1ccc(C(=O)N2CCNC(c3ccccc3)C2)n1C. The highest BCUT2D eigenvalue weighted by Crippen LogP contribution is 2.19. The fourth-order valence-corrected chi connectivity index (χ4v) is 2.83. The van der Waals surface area contributed by atoms with Gasteiger partial charge in [0.1, 0.15) is 5.69 Å². The molecule has 0 aliphatic carbocycles. The Morgan fingerprint density at radius 2 is 1.95 bits per heavy atom. The summed E-state index contributed by atoms with van der Waals surface area (Å²) in [5, 5.41) is 3.49. The number of hydrogen-bond acceptors (Lipinski definition) is 2. The number of benzene rings is 1. The minimum absolute atomic E-state index is 0.119. The summed E-state index contributed by atoms with van der Waals surface area (Å²) in [7, 11) is 1.94. The Hall–Kier alpha value is -2.07. The summed E-state index contributed by atoms with van der Waals surface area (Å²) in [5.74, 6) is 0.119. The lowest BCUT2D eigenvalue weighted by molar-refractivity contribution is 0.0693. The molecule has 1 aliphatic rings. The molecule has 0 saturated carbocycles. The molecule has 1 N–H and O–H groups in total. The summed E-state index contributed by atoms with van der Waals surface area (Å²) >= 11 is 0. The van der Waals surface area contributed by atoms with Crippen LogP contribution in [0.3, 0.4) is 0 Å². The summed E-state index contributed by atoms with van der Waals surface area (Å²) in [6.45, 7) is 4.31. The maximum Gasteiger partial charge on any atom is 0.270 e. The monoisotopic (exact) mass is 283 g/mol. The predicted molar refractivity (Wildman–Crippen MR) is 83.2 cm³/mol.